The van der Waals surface area contributed by atoms with E-state index in [2.05, 4.69) is 31.0 Å². The molecule has 0 radical (unpaired) electrons. The Morgan fingerprint density at radius 1 is 1.15 bits per heavy atom. The van der Waals surface area contributed by atoms with Gasteiger partial charge in [0.2, 0.25) is 0 Å². The zero-order chi connectivity index (χ0) is 15.4. The van der Waals surface area contributed by atoms with E-state index in [1.165, 1.54) is 12.8 Å². The van der Waals surface area contributed by atoms with Gasteiger partial charge in [0.05, 0.1) is 6.61 Å². The monoisotopic (exact) mass is 286 g/mol. The summed E-state index contributed by atoms with van der Waals surface area (Å²) in [7, 11) is 0. The fourth-order valence-corrected chi connectivity index (χ4v) is 2.39. The van der Waals surface area contributed by atoms with E-state index < -0.39 is 0 Å². The van der Waals surface area contributed by atoms with Crippen molar-refractivity contribution in [2.45, 2.75) is 59.9 Å². The Kier molecular flexibility index (Phi) is 11.8. The number of esters is 1. The summed E-state index contributed by atoms with van der Waals surface area (Å²) in [6.45, 7) is 14.9. The van der Waals surface area contributed by atoms with Gasteiger partial charge in [-0.05, 0) is 32.4 Å². The highest BCUT2D eigenvalue weighted by Crippen LogP contribution is 2.10. The molecule has 0 aliphatic heterocycles. The Bertz CT molecular complexity index is 243. The fourth-order valence-electron chi connectivity index (χ4n) is 2.39. The van der Waals surface area contributed by atoms with Gasteiger partial charge in [-0.3, -0.25) is 4.79 Å². The summed E-state index contributed by atoms with van der Waals surface area (Å²) >= 11 is 0. The molecule has 1 atom stereocenters. The van der Waals surface area contributed by atoms with Crippen LogP contribution in [0.3, 0.4) is 0 Å². The van der Waals surface area contributed by atoms with Crippen molar-refractivity contribution in [2.24, 2.45) is 5.92 Å². The average Bonchev–Trinajstić information content (AvgIpc) is 2.46. The Morgan fingerprint density at radius 2 is 1.80 bits per heavy atom. The Labute approximate surface area is 125 Å². The van der Waals surface area contributed by atoms with E-state index >= 15 is 0 Å². The maximum atomic E-state index is 11.9. The minimum absolute atomic E-state index is 0.118. The van der Waals surface area contributed by atoms with E-state index in [-0.39, 0.29) is 12.0 Å². The minimum atomic E-state index is -0.171. The number of hydrogen-bond donors (Lipinski definition) is 1. The van der Waals surface area contributed by atoms with Crippen molar-refractivity contribution in [3.05, 3.63) is 0 Å². The minimum Gasteiger partial charge on any atom is -0.465 e. The fraction of sp³-hybridized carbons (Fsp3) is 0.938. The molecule has 0 bridgehead atoms. The maximum absolute atomic E-state index is 11.9. The highest BCUT2D eigenvalue weighted by Gasteiger charge is 2.20. The van der Waals surface area contributed by atoms with Crippen molar-refractivity contribution in [3.63, 3.8) is 0 Å². The summed E-state index contributed by atoms with van der Waals surface area (Å²) in [5.74, 6) is 0.642. The molecule has 0 rings (SSSR count). The van der Waals surface area contributed by atoms with E-state index in [4.69, 9.17) is 4.74 Å². The molecule has 0 aliphatic carbocycles. The van der Waals surface area contributed by atoms with Crippen LogP contribution < -0.4 is 5.32 Å². The van der Waals surface area contributed by atoms with Crippen LogP contribution in [0, 0.1) is 5.92 Å². The number of nitrogens with one attached hydrogen (secondary N) is 1. The molecule has 0 heterocycles. The first kappa shape index (κ1) is 19.4. The van der Waals surface area contributed by atoms with Crippen LogP contribution in [0.5, 0.6) is 0 Å². The van der Waals surface area contributed by atoms with Crippen molar-refractivity contribution in [1.29, 1.82) is 0 Å². The number of hydrogen-bond acceptors (Lipinski definition) is 4. The second-order valence-electron chi connectivity index (χ2n) is 5.23. The van der Waals surface area contributed by atoms with E-state index in [1.807, 2.05) is 13.8 Å². The third-order valence-corrected chi connectivity index (χ3v) is 3.87. The van der Waals surface area contributed by atoms with Gasteiger partial charge in [0.15, 0.2) is 0 Å². The van der Waals surface area contributed by atoms with Gasteiger partial charge >= 0.3 is 5.97 Å². The first-order valence-electron chi connectivity index (χ1n) is 8.25. The molecule has 0 aromatic carbocycles. The van der Waals surface area contributed by atoms with Gasteiger partial charge in [0.25, 0.3) is 0 Å². The van der Waals surface area contributed by atoms with Gasteiger partial charge in [-0.1, -0.05) is 40.5 Å². The number of nitrogens with zero attached hydrogens (tertiary/aromatic N) is 1. The Hall–Kier alpha value is -0.610. The van der Waals surface area contributed by atoms with Gasteiger partial charge in [0.1, 0.15) is 6.04 Å². The maximum Gasteiger partial charge on any atom is 0.323 e. The third kappa shape index (κ3) is 7.85. The van der Waals surface area contributed by atoms with Crippen LogP contribution in [0.4, 0.5) is 0 Å². The number of rotatable bonds is 12. The van der Waals surface area contributed by atoms with Crippen LogP contribution >= 0.6 is 0 Å². The van der Waals surface area contributed by atoms with E-state index in [9.17, 15) is 4.79 Å². The topological polar surface area (TPSA) is 41.6 Å². The smallest absolute Gasteiger partial charge is 0.323 e. The predicted molar refractivity (Wildman–Crippen MR) is 84.9 cm³/mol. The lowest BCUT2D eigenvalue weighted by Crippen LogP contribution is -2.41. The molecular formula is C16H34N2O2. The Balaban J connectivity index is 4.30. The Morgan fingerprint density at radius 3 is 2.25 bits per heavy atom. The molecule has 0 fully saturated rings. The summed E-state index contributed by atoms with van der Waals surface area (Å²) in [6.07, 6.45) is 3.27. The van der Waals surface area contributed by atoms with Crippen molar-refractivity contribution < 1.29 is 9.53 Å². The summed E-state index contributed by atoms with van der Waals surface area (Å²) in [6, 6.07) is -0.171. The molecule has 120 valence electrons. The molecule has 1 unspecified atom stereocenters. The van der Waals surface area contributed by atoms with Crippen LogP contribution in [-0.4, -0.2) is 49.7 Å². The second kappa shape index (κ2) is 12.2. The van der Waals surface area contributed by atoms with Crippen LogP contribution in [0.25, 0.3) is 0 Å². The molecule has 0 aliphatic rings. The van der Waals surface area contributed by atoms with E-state index in [0.29, 0.717) is 6.61 Å². The molecule has 0 saturated heterocycles. The summed E-state index contributed by atoms with van der Waals surface area (Å²) in [5, 5.41) is 3.23. The molecule has 0 saturated carbocycles. The highest BCUT2D eigenvalue weighted by atomic mass is 16.5. The number of likely N-dealkylation sites (N-methyl/N-ethyl adjacent to an activating group) is 1. The molecule has 4 heteroatoms. The molecule has 20 heavy (non-hydrogen) atoms. The van der Waals surface area contributed by atoms with Crippen molar-refractivity contribution in [3.8, 4) is 0 Å². The molecule has 0 spiro atoms. The lowest BCUT2D eigenvalue weighted by molar-refractivity contribution is -0.145. The van der Waals surface area contributed by atoms with E-state index in [1.54, 1.807) is 0 Å². The zero-order valence-corrected chi connectivity index (χ0v) is 14.1. The van der Waals surface area contributed by atoms with Gasteiger partial charge in [-0.2, -0.15) is 0 Å². The highest BCUT2D eigenvalue weighted by molar-refractivity contribution is 5.75. The normalized spacial score (nSPS) is 12.9. The number of carbonyl (C=O) groups is 1. The average molecular weight is 286 g/mol. The molecular weight excluding hydrogens is 252 g/mol. The molecule has 4 nitrogen and oxygen atoms in total. The third-order valence-electron chi connectivity index (χ3n) is 3.87. The largest absolute Gasteiger partial charge is 0.465 e. The summed E-state index contributed by atoms with van der Waals surface area (Å²) < 4.78 is 5.13. The van der Waals surface area contributed by atoms with E-state index in [0.717, 1.165) is 38.5 Å². The van der Waals surface area contributed by atoms with Crippen LogP contribution in [0.2, 0.25) is 0 Å². The van der Waals surface area contributed by atoms with Gasteiger partial charge in [-0.25, -0.2) is 0 Å². The van der Waals surface area contributed by atoms with Gasteiger partial charge in [-0.15, -0.1) is 0 Å². The first-order chi connectivity index (χ1) is 9.62. The molecule has 0 aromatic rings. The lowest BCUT2D eigenvalue weighted by Gasteiger charge is -2.27. The zero-order valence-electron chi connectivity index (χ0n) is 14.1. The summed E-state index contributed by atoms with van der Waals surface area (Å²) in [5.41, 5.74) is 0. The van der Waals surface area contributed by atoms with Crippen molar-refractivity contribution in [2.75, 3.05) is 32.8 Å². The lowest BCUT2D eigenvalue weighted by atomic mass is 10.0. The van der Waals surface area contributed by atoms with Gasteiger partial charge in [0, 0.05) is 13.1 Å². The quantitative estimate of drug-likeness (QED) is 0.560. The summed E-state index contributed by atoms with van der Waals surface area (Å²) in [4.78, 5) is 14.3. The SMILES string of the molecule is CCNC(CCN(CC)CC(CC)CC)C(=O)OCC. The molecule has 1 N–H and O–H groups in total. The molecule has 0 aromatic heterocycles. The van der Waals surface area contributed by atoms with Crippen molar-refractivity contribution in [1.82, 2.24) is 10.2 Å². The van der Waals surface area contributed by atoms with Gasteiger partial charge < -0.3 is 15.0 Å². The van der Waals surface area contributed by atoms with Crippen LogP contribution in [0.1, 0.15) is 53.9 Å². The predicted octanol–water partition coefficient (Wildman–Crippen LogP) is 2.68. The van der Waals surface area contributed by atoms with Crippen LogP contribution in [0.15, 0.2) is 0 Å². The number of ether oxygens (including phenoxy) is 1. The van der Waals surface area contributed by atoms with Crippen LogP contribution in [-0.2, 0) is 9.53 Å². The second-order valence-corrected chi connectivity index (χ2v) is 5.23. The standard InChI is InChI=1S/C16H34N2O2/c1-6-14(7-2)13-18(9-4)12-11-15(17-8-3)16(19)20-10-5/h14-15,17H,6-13H2,1-5H3. The first-order valence-corrected chi connectivity index (χ1v) is 8.25. The number of carbonyl (C=O) groups excluding carboxylic acids is 1. The van der Waals surface area contributed by atoms with Crippen molar-refractivity contribution >= 4 is 5.97 Å². The molecule has 0 amide bonds.